The van der Waals surface area contributed by atoms with Gasteiger partial charge in [0.1, 0.15) is 24.4 Å². The van der Waals surface area contributed by atoms with Gasteiger partial charge in [0.2, 0.25) is 0 Å². The fourth-order valence-corrected chi connectivity index (χ4v) is 9.49. The largest absolute Gasteiger partial charge is 0.431 e. The number of hydrogen-bond acceptors (Lipinski definition) is 11. The van der Waals surface area contributed by atoms with E-state index in [9.17, 15) is 40.2 Å². The number of fused-ring (bicyclic) bond motifs is 5. The molecule has 0 unspecified atom stereocenters. The number of ketones is 1. The van der Waals surface area contributed by atoms with Crippen molar-refractivity contribution in [3.63, 3.8) is 0 Å². The molecule has 0 bridgehead atoms. The van der Waals surface area contributed by atoms with E-state index in [4.69, 9.17) is 13.9 Å². The van der Waals surface area contributed by atoms with E-state index in [0.29, 0.717) is 44.1 Å². The quantitative estimate of drug-likeness (QED) is 0.285. The van der Waals surface area contributed by atoms with Crippen LogP contribution in [0.15, 0.2) is 27.6 Å². The van der Waals surface area contributed by atoms with Gasteiger partial charge in [-0.05, 0) is 74.3 Å². The van der Waals surface area contributed by atoms with Crippen LogP contribution in [0.4, 0.5) is 0 Å². The van der Waals surface area contributed by atoms with E-state index >= 15 is 0 Å². The fourth-order valence-electron chi connectivity index (χ4n) is 9.49. The van der Waals surface area contributed by atoms with Gasteiger partial charge in [0.25, 0.3) is 0 Å². The van der Waals surface area contributed by atoms with Crippen molar-refractivity contribution in [1.29, 1.82) is 0 Å². The number of aliphatic hydroxyl groups excluding tert-OH is 5. The highest BCUT2D eigenvalue weighted by molar-refractivity contribution is 5.93. The maximum Gasteiger partial charge on any atom is 0.335 e. The number of ether oxygens (including phenoxy) is 2. The van der Waals surface area contributed by atoms with Crippen LogP contribution in [0.2, 0.25) is 0 Å². The zero-order valence-corrected chi connectivity index (χ0v) is 22.8. The normalized spacial score (nSPS) is 52.2. The molecule has 2 heterocycles. The molecule has 5 aliphatic rings. The molecule has 14 atom stereocenters. The molecule has 0 radical (unpaired) electrons. The molecule has 1 saturated heterocycles. The summed E-state index contributed by atoms with van der Waals surface area (Å²) in [5.41, 5.74) is -3.17. The van der Waals surface area contributed by atoms with Gasteiger partial charge < -0.3 is 44.5 Å². The lowest BCUT2D eigenvalue weighted by Gasteiger charge is -2.64. The molecule has 0 aromatic carbocycles. The monoisotopic (exact) mass is 564 g/mol. The first-order valence-corrected chi connectivity index (χ1v) is 14.4. The van der Waals surface area contributed by atoms with Crippen LogP contribution >= 0.6 is 0 Å². The first-order chi connectivity index (χ1) is 18.9. The lowest BCUT2D eigenvalue weighted by atomic mass is 9.41. The zero-order valence-electron chi connectivity index (χ0n) is 22.8. The number of carbonyl (C=O) groups is 1. The first-order valence-electron chi connectivity index (χ1n) is 14.4. The van der Waals surface area contributed by atoms with Gasteiger partial charge in [0.15, 0.2) is 12.1 Å². The SMILES string of the molecule is C[C@]12CC[C@H](O[C@@H]3O[C@H](CO)[C@H](O)[C@H]3O)[C@H](O)[C@@H]1CC[C@@H]1[C@@H]2[C@H](O)C(=O)[C@]2(C)[C@@H](c3ccc(=O)oc3)CC[C@]12O. The summed E-state index contributed by atoms with van der Waals surface area (Å²) in [6.07, 6.45) is -3.80. The third-order valence-corrected chi connectivity index (χ3v) is 11.7. The Morgan fingerprint density at radius 2 is 1.68 bits per heavy atom. The Balaban J connectivity index is 1.27. The second-order valence-electron chi connectivity index (χ2n) is 13.1. The summed E-state index contributed by atoms with van der Waals surface area (Å²) >= 11 is 0. The molecule has 4 aliphatic carbocycles. The molecular weight excluding hydrogens is 524 g/mol. The lowest BCUT2D eigenvalue weighted by Crippen LogP contribution is -2.71. The summed E-state index contributed by atoms with van der Waals surface area (Å²) in [4.78, 5) is 25.6. The molecule has 4 saturated carbocycles. The molecule has 6 rings (SSSR count). The number of aliphatic hydroxyl groups is 6. The van der Waals surface area contributed by atoms with Crippen molar-refractivity contribution in [3.8, 4) is 0 Å². The predicted octanol–water partition coefficient (Wildman–Crippen LogP) is -0.174. The van der Waals surface area contributed by atoms with Gasteiger partial charge in [-0.2, -0.15) is 0 Å². The van der Waals surface area contributed by atoms with E-state index < -0.39 is 89.2 Å². The molecule has 40 heavy (non-hydrogen) atoms. The molecule has 11 nitrogen and oxygen atoms in total. The van der Waals surface area contributed by atoms with Crippen molar-refractivity contribution in [1.82, 2.24) is 0 Å². The van der Waals surface area contributed by atoms with Crippen molar-refractivity contribution in [2.45, 2.75) is 107 Å². The average molecular weight is 565 g/mol. The number of Topliss-reactive ketones (excluding diaryl/α,β-unsaturated/α-hetero) is 1. The lowest BCUT2D eigenvalue weighted by molar-refractivity contribution is -0.264. The van der Waals surface area contributed by atoms with Crippen LogP contribution in [0.5, 0.6) is 0 Å². The molecule has 1 aliphatic heterocycles. The summed E-state index contributed by atoms with van der Waals surface area (Å²) in [5.74, 6) is -2.14. The van der Waals surface area contributed by atoms with Crippen LogP contribution < -0.4 is 5.63 Å². The second-order valence-corrected chi connectivity index (χ2v) is 13.1. The Morgan fingerprint density at radius 3 is 2.33 bits per heavy atom. The van der Waals surface area contributed by atoms with Crippen LogP contribution in [0.3, 0.4) is 0 Å². The van der Waals surface area contributed by atoms with Crippen molar-refractivity contribution >= 4 is 5.78 Å². The van der Waals surface area contributed by atoms with E-state index in [2.05, 4.69) is 0 Å². The molecule has 0 spiro atoms. The minimum Gasteiger partial charge on any atom is -0.431 e. The van der Waals surface area contributed by atoms with E-state index in [0.717, 1.165) is 0 Å². The Kier molecular flexibility index (Phi) is 6.87. The van der Waals surface area contributed by atoms with Gasteiger partial charge >= 0.3 is 5.63 Å². The van der Waals surface area contributed by atoms with E-state index in [1.165, 1.54) is 12.3 Å². The molecular formula is C29H40O11. The van der Waals surface area contributed by atoms with Gasteiger partial charge in [-0.25, -0.2) is 4.79 Å². The molecule has 5 fully saturated rings. The summed E-state index contributed by atoms with van der Waals surface area (Å²) in [6, 6.07) is 2.93. The average Bonchev–Trinajstić information content (AvgIpc) is 3.37. The van der Waals surface area contributed by atoms with Gasteiger partial charge in [0.05, 0.1) is 36.1 Å². The van der Waals surface area contributed by atoms with Crippen molar-refractivity contribution in [3.05, 3.63) is 34.4 Å². The Labute approximate surface area is 231 Å². The highest BCUT2D eigenvalue weighted by Crippen LogP contribution is 2.69. The standard InChI is InChI=1S/C29H40O11/c1-27-9-8-17(39-26-24(35)22(33)18(11-30)40-26)21(32)16(27)5-4-15-20(27)23(34)25(36)28(2)14(7-10-29(15,28)37)13-3-6-19(31)38-12-13/h3,6,12,14-18,20-24,26,30,32-35,37H,4-5,7-11H2,1-2H3/t14-,15-,16+,17+,18-,20-,21-,22+,23+,24-,26-,27+,28+,29+/m1/s1. The predicted molar refractivity (Wildman–Crippen MR) is 137 cm³/mol. The number of carbonyl (C=O) groups excluding carboxylic acids is 1. The first kappa shape index (κ1) is 28.4. The van der Waals surface area contributed by atoms with E-state index in [1.807, 2.05) is 6.92 Å². The third-order valence-electron chi connectivity index (χ3n) is 11.7. The summed E-state index contributed by atoms with van der Waals surface area (Å²) in [6.45, 7) is 3.22. The molecule has 1 aromatic heterocycles. The van der Waals surface area contributed by atoms with Crippen molar-refractivity contribution in [2.75, 3.05) is 6.61 Å². The summed E-state index contributed by atoms with van der Waals surface area (Å²) in [5, 5.41) is 65.3. The van der Waals surface area contributed by atoms with Gasteiger partial charge in [0, 0.05) is 17.9 Å². The van der Waals surface area contributed by atoms with Crippen LogP contribution in [0.1, 0.15) is 63.9 Å². The number of rotatable bonds is 4. The van der Waals surface area contributed by atoms with Gasteiger partial charge in [-0.1, -0.05) is 6.92 Å². The van der Waals surface area contributed by atoms with Crippen LogP contribution in [0, 0.1) is 28.6 Å². The van der Waals surface area contributed by atoms with Crippen molar-refractivity contribution < 1.29 is 49.3 Å². The maximum absolute atomic E-state index is 14.1. The zero-order chi connectivity index (χ0) is 28.8. The highest BCUT2D eigenvalue weighted by atomic mass is 16.7. The third kappa shape index (κ3) is 3.72. The molecule has 0 amide bonds. The minimum absolute atomic E-state index is 0.347. The fraction of sp³-hybridized carbons (Fsp3) is 0.793. The Morgan fingerprint density at radius 1 is 0.950 bits per heavy atom. The molecule has 1 aromatic rings. The van der Waals surface area contributed by atoms with Crippen molar-refractivity contribution in [2.24, 2.45) is 28.6 Å². The van der Waals surface area contributed by atoms with E-state index in [1.54, 1.807) is 13.0 Å². The Hall–Kier alpha value is -1.70. The highest BCUT2D eigenvalue weighted by Gasteiger charge is 2.74. The minimum atomic E-state index is -1.38. The van der Waals surface area contributed by atoms with Crippen LogP contribution in [0.25, 0.3) is 0 Å². The Bertz CT molecular complexity index is 1180. The van der Waals surface area contributed by atoms with Crippen LogP contribution in [-0.2, 0) is 14.3 Å². The molecule has 222 valence electrons. The second kappa shape index (κ2) is 9.67. The van der Waals surface area contributed by atoms with Gasteiger partial charge in [-0.3, -0.25) is 4.79 Å². The van der Waals surface area contributed by atoms with Gasteiger partial charge in [-0.15, -0.1) is 0 Å². The molecule has 11 heteroatoms. The van der Waals surface area contributed by atoms with Crippen LogP contribution in [-0.4, -0.2) is 91.5 Å². The smallest absolute Gasteiger partial charge is 0.335 e. The number of hydrogen-bond donors (Lipinski definition) is 6. The topological polar surface area (TPSA) is 187 Å². The maximum atomic E-state index is 14.1. The summed E-state index contributed by atoms with van der Waals surface area (Å²) in [7, 11) is 0. The summed E-state index contributed by atoms with van der Waals surface area (Å²) < 4.78 is 16.5. The molecule has 6 N–H and O–H groups in total. The van der Waals surface area contributed by atoms with E-state index in [-0.39, 0.29) is 11.8 Å².